The number of carbonyl (C=O) groups excluding carboxylic acids is 1. The normalized spacial score (nSPS) is 15.9. The third kappa shape index (κ3) is 1.28. The van der Waals surface area contributed by atoms with Gasteiger partial charge >= 0.3 is 0 Å². The summed E-state index contributed by atoms with van der Waals surface area (Å²) in [5, 5.41) is 12.2. The Labute approximate surface area is 80.2 Å². The molecule has 0 saturated carbocycles. The van der Waals surface area contributed by atoms with Crippen LogP contribution >= 0.6 is 0 Å². The van der Waals surface area contributed by atoms with Crippen molar-refractivity contribution in [3.8, 4) is 0 Å². The molecule has 14 heavy (non-hydrogen) atoms. The molecule has 0 unspecified atom stereocenters. The zero-order valence-electron chi connectivity index (χ0n) is 7.64. The molecule has 0 aromatic carbocycles. The fourth-order valence-electron chi connectivity index (χ4n) is 1.28. The van der Waals surface area contributed by atoms with Crippen LogP contribution in [0.1, 0.15) is 0 Å². The molecule has 0 saturated heterocycles. The van der Waals surface area contributed by atoms with Crippen LogP contribution < -0.4 is 10.6 Å². The minimum Gasteiger partial charge on any atom is -0.363 e. The molecule has 1 aliphatic rings. The molecule has 2 heterocycles. The van der Waals surface area contributed by atoms with Gasteiger partial charge in [0.15, 0.2) is 5.82 Å². The Hall–Kier alpha value is -2.05. The van der Waals surface area contributed by atoms with Gasteiger partial charge in [0.05, 0.1) is 0 Å². The Morgan fingerprint density at radius 2 is 2.50 bits per heavy atom. The molecule has 1 aromatic rings. The summed E-state index contributed by atoms with van der Waals surface area (Å²) >= 11 is 0. The Balaban J connectivity index is 2.30. The standard InChI is InChI=1S/C7H10N6O/c1-12-4-13(5-2-3-9-10-5)7(11-12)6(8)14/h2-3H,4H2,1H3,(H2,8,14)(H,9,10). The van der Waals surface area contributed by atoms with Gasteiger partial charge in [-0.15, -0.1) is 0 Å². The lowest BCUT2D eigenvalue weighted by atomic mass is 10.4. The number of carbonyl (C=O) groups is 1. The highest BCUT2D eigenvalue weighted by atomic mass is 16.1. The molecular weight excluding hydrogens is 184 g/mol. The summed E-state index contributed by atoms with van der Waals surface area (Å²) in [6.45, 7) is 0.475. The second-order valence-corrected chi connectivity index (χ2v) is 2.95. The number of nitrogens with zero attached hydrogens (tertiary/aromatic N) is 4. The number of aromatic nitrogens is 2. The first-order chi connectivity index (χ1) is 6.68. The molecule has 7 nitrogen and oxygen atoms in total. The number of nitrogens with two attached hydrogens (primary N) is 1. The van der Waals surface area contributed by atoms with E-state index < -0.39 is 5.91 Å². The van der Waals surface area contributed by atoms with Gasteiger partial charge in [-0.3, -0.25) is 19.8 Å². The van der Waals surface area contributed by atoms with Gasteiger partial charge in [-0.2, -0.15) is 10.2 Å². The maximum Gasteiger partial charge on any atom is 0.286 e. The molecule has 0 atom stereocenters. The number of rotatable bonds is 2. The van der Waals surface area contributed by atoms with E-state index in [-0.39, 0.29) is 5.84 Å². The molecule has 2 rings (SSSR count). The Morgan fingerprint density at radius 1 is 1.71 bits per heavy atom. The molecule has 1 aliphatic heterocycles. The quantitative estimate of drug-likeness (QED) is 0.626. The van der Waals surface area contributed by atoms with Crippen LogP contribution in [0.2, 0.25) is 0 Å². The summed E-state index contributed by atoms with van der Waals surface area (Å²) in [7, 11) is 1.76. The smallest absolute Gasteiger partial charge is 0.286 e. The van der Waals surface area contributed by atoms with E-state index in [0.717, 1.165) is 0 Å². The van der Waals surface area contributed by atoms with Crippen molar-refractivity contribution in [1.29, 1.82) is 0 Å². The van der Waals surface area contributed by atoms with Crippen LogP contribution in [0.25, 0.3) is 0 Å². The number of amides is 1. The summed E-state index contributed by atoms with van der Waals surface area (Å²) in [5.74, 6) is 0.281. The average Bonchev–Trinajstić information content (AvgIpc) is 2.70. The van der Waals surface area contributed by atoms with Crippen molar-refractivity contribution in [2.75, 3.05) is 18.6 Å². The van der Waals surface area contributed by atoms with Gasteiger partial charge in [0.1, 0.15) is 6.67 Å². The van der Waals surface area contributed by atoms with Gasteiger partial charge in [-0.05, 0) is 0 Å². The van der Waals surface area contributed by atoms with Crippen molar-refractivity contribution >= 4 is 17.6 Å². The first kappa shape index (κ1) is 8.54. The fraction of sp³-hybridized carbons (Fsp3) is 0.286. The molecule has 0 bridgehead atoms. The number of hydrazone groups is 1. The van der Waals surface area contributed by atoms with E-state index >= 15 is 0 Å². The van der Waals surface area contributed by atoms with Crippen LogP contribution in [0.4, 0.5) is 5.82 Å². The number of hydrogen-bond donors (Lipinski definition) is 2. The van der Waals surface area contributed by atoms with Gasteiger partial charge in [-0.25, -0.2) is 0 Å². The molecule has 74 valence electrons. The first-order valence-corrected chi connectivity index (χ1v) is 4.05. The lowest BCUT2D eigenvalue weighted by Gasteiger charge is -2.14. The zero-order valence-corrected chi connectivity index (χ0v) is 7.64. The highest BCUT2D eigenvalue weighted by Crippen LogP contribution is 2.14. The highest BCUT2D eigenvalue weighted by Gasteiger charge is 2.27. The summed E-state index contributed by atoms with van der Waals surface area (Å²) < 4.78 is 0. The molecule has 3 N–H and O–H groups in total. The van der Waals surface area contributed by atoms with E-state index in [1.165, 1.54) is 0 Å². The third-order valence-corrected chi connectivity index (χ3v) is 1.85. The number of H-pyrrole nitrogens is 1. The Bertz CT molecular complexity index is 370. The third-order valence-electron chi connectivity index (χ3n) is 1.85. The lowest BCUT2D eigenvalue weighted by molar-refractivity contribution is -0.112. The Morgan fingerprint density at radius 3 is 3.07 bits per heavy atom. The molecule has 1 amide bonds. The van der Waals surface area contributed by atoms with E-state index in [1.807, 2.05) is 0 Å². The predicted octanol–water partition coefficient (Wildman–Crippen LogP) is -1.08. The van der Waals surface area contributed by atoms with Crippen molar-refractivity contribution in [2.24, 2.45) is 10.8 Å². The molecule has 0 fully saturated rings. The number of amidine groups is 1. The van der Waals surface area contributed by atoms with Crippen LogP contribution in [-0.4, -0.2) is 40.7 Å². The minimum atomic E-state index is -0.558. The summed E-state index contributed by atoms with van der Waals surface area (Å²) in [6, 6.07) is 1.75. The van der Waals surface area contributed by atoms with Gasteiger partial charge in [-0.1, -0.05) is 0 Å². The van der Waals surface area contributed by atoms with Crippen molar-refractivity contribution in [3.05, 3.63) is 12.3 Å². The van der Waals surface area contributed by atoms with E-state index in [4.69, 9.17) is 5.73 Å². The van der Waals surface area contributed by atoms with Crippen LogP contribution in [-0.2, 0) is 4.79 Å². The average molecular weight is 194 g/mol. The summed E-state index contributed by atoms with van der Waals surface area (Å²) in [6.07, 6.45) is 1.67. The number of nitrogens with one attached hydrogen (secondary N) is 1. The van der Waals surface area contributed by atoms with Crippen molar-refractivity contribution < 1.29 is 4.79 Å². The highest BCUT2D eigenvalue weighted by molar-refractivity contribution is 6.42. The minimum absolute atomic E-state index is 0.208. The molecule has 0 spiro atoms. The van der Waals surface area contributed by atoms with Gasteiger partial charge in [0.2, 0.25) is 5.84 Å². The second-order valence-electron chi connectivity index (χ2n) is 2.95. The number of hydrogen-bond acceptors (Lipinski definition) is 5. The molecule has 7 heteroatoms. The lowest BCUT2D eigenvalue weighted by Crippen LogP contribution is -2.38. The van der Waals surface area contributed by atoms with Crippen LogP contribution in [0, 0.1) is 0 Å². The van der Waals surface area contributed by atoms with Gasteiger partial charge in [0, 0.05) is 19.3 Å². The maximum atomic E-state index is 11.0. The number of primary amides is 1. The summed E-state index contributed by atoms with van der Waals surface area (Å²) in [5.41, 5.74) is 5.18. The molecule has 1 aromatic heterocycles. The van der Waals surface area contributed by atoms with Crippen LogP contribution in [0.15, 0.2) is 17.4 Å². The zero-order chi connectivity index (χ0) is 10.1. The van der Waals surface area contributed by atoms with E-state index in [2.05, 4.69) is 15.3 Å². The Kier molecular flexibility index (Phi) is 1.84. The topological polar surface area (TPSA) is 90.6 Å². The monoisotopic (exact) mass is 194 g/mol. The maximum absolute atomic E-state index is 11.0. The number of aromatic amines is 1. The first-order valence-electron chi connectivity index (χ1n) is 4.05. The fourth-order valence-corrected chi connectivity index (χ4v) is 1.28. The van der Waals surface area contributed by atoms with E-state index in [9.17, 15) is 4.79 Å². The van der Waals surface area contributed by atoms with E-state index in [1.54, 1.807) is 29.2 Å². The van der Waals surface area contributed by atoms with Gasteiger partial charge in [0.25, 0.3) is 5.91 Å². The summed E-state index contributed by atoms with van der Waals surface area (Å²) in [4.78, 5) is 12.7. The largest absolute Gasteiger partial charge is 0.363 e. The SMILES string of the molecule is CN1CN(c2cc[nH]n2)C(C(N)=O)=N1. The molecular formula is C7H10N6O. The molecule has 0 aliphatic carbocycles. The number of anilines is 1. The molecule has 0 radical (unpaired) electrons. The van der Waals surface area contributed by atoms with E-state index in [0.29, 0.717) is 12.5 Å². The predicted molar refractivity (Wildman–Crippen MR) is 50.3 cm³/mol. The van der Waals surface area contributed by atoms with Gasteiger partial charge < -0.3 is 5.73 Å². The second kappa shape index (κ2) is 3.02. The van der Waals surface area contributed by atoms with Crippen molar-refractivity contribution in [1.82, 2.24) is 15.2 Å². The van der Waals surface area contributed by atoms with Crippen molar-refractivity contribution in [3.63, 3.8) is 0 Å². The van der Waals surface area contributed by atoms with Crippen LogP contribution in [0.3, 0.4) is 0 Å². The van der Waals surface area contributed by atoms with Crippen molar-refractivity contribution in [2.45, 2.75) is 0 Å². The van der Waals surface area contributed by atoms with Crippen LogP contribution in [0.5, 0.6) is 0 Å².